The molecule has 0 radical (unpaired) electrons. The summed E-state index contributed by atoms with van der Waals surface area (Å²) < 4.78 is 5.07. The van der Waals surface area contributed by atoms with E-state index in [-0.39, 0.29) is 6.09 Å². The van der Waals surface area contributed by atoms with E-state index in [1.165, 1.54) is 4.88 Å². The Bertz CT molecular complexity index is 539. The molecule has 1 aromatic heterocycles. The second-order valence-electron chi connectivity index (χ2n) is 6.24. The van der Waals surface area contributed by atoms with Crippen molar-refractivity contribution in [3.63, 3.8) is 0 Å². The Hall–Kier alpha value is -1.76. The Morgan fingerprint density at radius 3 is 2.80 bits per heavy atom. The van der Waals surface area contributed by atoms with Gasteiger partial charge in [0.15, 0.2) is 5.96 Å². The number of aliphatic imine (C=N–C) groups is 1. The van der Waals surface area contributed by atoms with E-state index < -0.39 is 0 Å². The van der Waals surface area contributed by atoms with Gasteiger partial charge in [-0.1, -0.05) is 13.0 Å². The van der Waals surface area contributed by atoms with Gasteiger partial charge in [-0.3, -0.25) is 4.99 Å². The summed E-state index contributed by atoms with van der Waals surface area (Å²) >= 11 is 1.78. The van der Waals surface area contributed by atoms with Crippen molar-refractivity contribution in [2.45, 2.75) is 45.6 Å². The van der Waals surface area contributed by atoms with Crippen LogP contribution in [0.5, 0.6) is 0 Å². The molecule has 0 bridgehead atoms. The first-order valence-corrected chi connectivity index (χ1v) is 10.0. The standard InChI is InChI=1S/C18H30N4O2S/c1-4-19-17(20-13-14(3)16-7-6-12-25-16)21-15-8-10-22(11-9-15)18(23)24-5-2/h6-7,12,14-15H,4-5,8-11,13H2,1-3H3,(H2,19,20,21). The van der Waals surface area contributed by atoms with Crippen molar-refractivity contribution in [3.8, 4) is 0 Å². The number of carbonyl (C=O) groups excluding carboxylic acids is 1. The third-order valence-corrected chi connectivity index (χ3v) is 5.36. The van der Waals surface area contributed by atoms with E-state index in [0.717, 1.165) is 45.0 Å². The predicted octanol–water partition coefficient (Wildman–Crippen LogP) is 3.03. The van der Waals surface area contributed by atoms with Crippen molar-refractivity contribution in [3.05, 3.63) is 22.4 Å². The Morgan fingerprint density at radius 2 is 2.20 bits per heavy atom. The van der Waals surface area contributed by atoms with E-state index in [9.17, 15) is 4.79 Å². The molecule has 1 aliphatic heterocycles. The monoisotopic (exact) mass is 366 g/mol. The minimum Gasteiger partial charge on any atom is -0.450 e. The van der Waals surface area contributed by atoms with Gasteiger partial charge in [-0.05, 0) is 38.1 Å². The van der Waals surface area contributed by atoms with Gasteiger partial charge in [-0.2, -0.15) is 0 Å². The molecule has 25 heavy (non-hydrogen) atoms. The van der Waals surface area contributed by atoms with E-state index >= 15 is 0 Å². The maximum atomic E-state index is 11.8. The van der Waals surface area contributed by atoms with Gasteiger partial charge in [0, 0.05) is 36.5 Å². The Balaban J connectivity index is 1.83. The molecule has 6 nitrogen and oxygen atoms in total. The number of nitrogens with zero attached hydrogens (tertiary/aromatic N) is 2. The molecule has 1 aromatic rings. The molecule has 0 saturated carbocycles. The minimum absolute atomic E-state index is 0.203. The smallest absolute Gasteiger partial charge is 0.409 e. The molecule has 1 atom stereocenters. The van der Waals surface area contributed by atoms with Crippen LogP contribution < -0.4 is 10.6 Å². The van der Waals surface area contributed by atoms with E-state index in [0.29, 0.717) is 18.6 Å². The Morgan fingerprint density at radius 1 is 1.44 bits per heavy atom. The van der Waals surface area contributed by atoms with Gasteiger partial charge < -0.3 is 20.3 Å². The van der Waals surface area contributed by atoms with E-state index in [4.69, 9.17) is 9.73 Å². The van der Waals surface area contributed by atoms with Crippen LogP contribution in [-0.4, -0.2) is 55.8 Å². The van der Waals surface area contributed by atoms with Crippen molar-refractivity contribution in [2.75, 3.05) is 32.8 Å². The van der Waals surface area contributed by atoms with Crippen LogP contribution in [0, 0.1) is 0 Å². The highest BCUT2D eigenvalue weighted by Gasteiger charge is 2.24. The highest BCUT2D eigenvalue weighted by atomic mass is 32.1. The third-order valence-electron chi connectivity index (χ3n) is 4.26. The van der Waals surface area contributed by atoms with Crippen molar-refractivity contribution >= 4 is 23.4 Å². The summed E-state index contributed by atoms with van der Waals surface area (Å²) in [5, 5.41) is 8.94. The zero-order chi connectivity index (χ0) is 18.1. The van der Waals surface area contributed by atoms with Crippen molar-refractivity contribution in [1.82, 2.24) is 15.5 Å². The van der Waals surface area contributed by atoms with Crippen LogP contribution in [0.2, 0.25) is 0 Å². The topological polar surface area (TPSA) is 66.0 Å². The second-order valence-corrected chi connectivity index (χ2v) is 7.22. The molecule has 2 rings (SSSR count). The normalized spacial score (nSPS) is 17.2. The number of ether oxygens (including phenoxy) is 1. The number of carbonyl (C=O) groups is 1. The van der Waals surface area contributed by atoms with Crippen molar-refractivity contribution in [1.29, 1.82) is 0 Å². The summed E-state index contributed by atoms with van der Waals surface area (Å²) in [5.74, 6) is 1.28. The lowest BCUT2D eigenvalue weighted by molar-refractivity contribution is 0.0963. The molecular formula is C18H30N4O2S. The first-order chi connectivity index (χ1) is 12.1. The van der Waals surface area contributed by atoms with E-state index in [1.54, 1.807) is 16.2 Å². The number of hydrogen-bond donors (Lipinski definition) is 2. The first kappa shape index (κ1) is 19.6. The van der Waals surface area contributed by atoms with Gasteiger partial charge >= 0.3 is 6.09 Å². The number of likely N-dealkylation sites (tertiary alicyclic amines) is 1. The van der Waals surface area contributed by atoms with Crippen LogP contribution >= 0.6 is 11.3 Å². The van der Waals surface area contributed by atoms with Crippen molar-refractivity contribution in [2.24, 2.45) is 4.99 Å². The maximum Gasteiger partial charge on any atom is 0.409 e. The highest BCUT2D eigenvalue weighted by molar-refractivity contribution is 7.10. The molecule has 1 unspecified atom stereocenters. The number of hydrogen-bond acceptors (Lipinski definition) is 4. The fraction of sp³-hybridized carbons (Fsp3) is 0.667. The molecule has 1 amide bonds. The summed E-state index contributed by atoms with van der Waals surface area (Å²) in [6.45, 7) is 9.58. The molecule has 0 aliphatic carbocycles. The lowest BCUT2D eigenvalue weighted by Gasteiger charge is -2.32. The van der Waals surface area contributed by atoms with Crippen LogP contribution in [0.4, 0.5) is 4.79 Å². The molecule has 1 fully saturated rings. The SMILES string of the molecule is CCNC(=NCC(C)c1cccs1)NC1CCN(C(=O)OCC)CC1. The van der Waals surface area contributed by atoms with E-state index in [2.05, 4.69) is 42.0 Å². The summed E-state index contributed by atoms with van der Waals surface area (Å²) in [7, 11) is 0. The molecule has 2 heterocycles. The highest BCUT2D eigenvalue weighted by Crippen LogP contribution is 2.20. The molecule has 1 aliphatic rings. The van der Waals surface area contributed by atoms with Crippen LogP contribution in [0.25, 0.3) is 0 Å². The first-order valence-electron chi connectivity index (χ1n) is 9.14. The summed E-state index contributed by atoms with van der Waals surface area (Å²) in [4.78, 5) is 19.7. The van der Waals surface area contributed by atoms with Gasteiger partial charge in [-0.15, -0.1) is 11.3 Å². The van der Waals surface area contributed by atoms with Crippen LogP contribution in [0.1, 0.15) is 44.4 Å². The van der Waals surface area contributed by atoms with Gasteiger partial charge in [0.25, 0.3) is 0 Å². The lowest BCUT2D eigenvalue weighted by Crippen LogP contribution is -2.50. The van der Waals surface area contributed by atoms with Gasteiger partial charge in [-0.25, -0.2) is 4.79 Å². The Kier molecular flexibility index (Phi) is 8.04. The predicted molar refractivity (Wildman–Crippen MR) is 103 cm³/mol. The molecule has 1 saturated heterocycles. The maximum absolute atomic E-state index is 11.8. The molecular weight excluding hydrogens is 336 g/mol. The minimum atomic E-state index is -0.203. The number of nitrogens with one attached hydrogen (secondary N) is 2. The van der Waals surface area contributed by atoms with Gasteiger partial charge in [0.2, 0.25) is 0 Å². The zero-order valence-corrected chi connectivity index (χ0v) is 16.3. The largest absolute Gasteiger partial charge is 0.450 e. The number of piperidine rings is 1. The van der Waals surface area contributed by atoms with Gasteiger partial charge in [0.05, 0.1) is 13.2 Å². The molecule has 7 heteroatoms. The average Bonchev–Trinajstić information content (AvgIpc) is 3.15. The zero-order valence-electron chi connectivity index (χ0n) is 15.5. The fourth-order valence-corrected chi connectivity index (χ4v) is 3.60. The number of thiophene rings is 1. The van der Waals surface area contributed by atoms with Crippen LogP contribution in [0.3, 0.4) is 0 Å². The fourth-order valence-electron chi connectivity index (χ4n) is 2.82. The molecule has 0 spiro atoms. The summed E-state index contributed by atoms with van der Waals surface area (Å²) in [5.41, 5.74) is 0. The number of guanidine groups is 1. The summed E-state index contributed by atoms with van der Waals surface area (Å²) in [6.07, 6.45) is 1.61. The molecule has 2 N–H and O–H groups in total. The third kappa shape index (κ3) is 6.23. The Labute approximate surface area is 154 Å². The second kappa shape index (κ2) is 10.3. The number of rotatable bonds is 6. The van der Waals surface area contributed by atoms with Crippen molar-refractivity contribution < 1.29 is 9.53 Å². The number of amides is 1. The molecule has 140 valence electrons. The van der Waals surface area contributed by atoms with Gasteiger partial charge in [0.1, 0.15) is 0 Å². The van der Waals surface area contributed by atoms with Crippen LogP contribution in [-0.2, 0) is 4.74 Å². The summed E-state index contributed by atoms with van der Waals surface area (Å²) in [6, 6.07) is 4.58. The van der Waals surface area contributed by atoms with Crippen LogP contribution in [0.15, 0.2) is 22.5 Å². The lowest BCUT2D eigenvalue weighted by atomic mass is 10.1. The quantitative estimate of drug-likeness (QED) is 0.600. The average molecular weight is 367 g/mol. The van der Waals surface area contributed by atoms with E-state index in [1.807, 2.05) is 6.92 Å². The molecule has 0 aromatic carbocycles.